The van der Waals surface area contributed by atoms with Gasteiger partial charge in [-0.25, -0.2) is 23.0 Å². The van der Waals surface area contributed by atoms with Crippen molar-refractivity contribution in [2.45, 2.75) is 39.7 Å². The van der Waals surface area contributed by atoms with Gasteiger partial charge in [0.2, 0.25) is 11.8 Å². The number of hydrogen-bond donors (Lipinski definition) is 2. The Hall–Kier alpha value is -3.80. The number of rotatable bonds is 9. The highest BCUT2D eigenvalue weighted by Crippen LogP contribution is 2.47. The van der Waals surface area contributed by atoms with E-state index in [1.165, 1.54) is 0 Å². The Balaban J connectivity index is 1.64. The van der Waals surface area contributed by atoms with Gasteiger partial charge in [-0.3, -0.25) is 29.3 Å². The van der Waals surface area contributed by atoms with Gasteiger partial charge >= 0.3 is 0 Å². The predicted octanol–water partition coefficient (Wildman–Crippen LogP) is 3.82. The number of halogens is 4. The highest BCUT2D eigenvalue weighted by Gasteiger charge is 2.55. The molecular weight excluding hydrogens is 522 g/mol. The van der Waals surface area contributed by atoms with Crippen LogP contribution in [0.25, 0.3) is 0 Å². The zero-order chi connectivity index (χ0) is 28.6. The van der Waals surface area contributed by atoms with Crippen LogP contribution in [0.3, 0.4) is 0 Å². The average molecular weight is 550 g/mol. The smallest absolute Gasteiger partial charge is 0.264 e. The number of carbonyl (C=O) groups excluding carboxylic acids is 4. The van der Waals surface area contributed by atoms with Gasteiger partial charge in [-0.2, -0.15) is 0 Å². The lowest BCUT2D eigenvalue weighted by Crippen LogP contribution is -2.48. The van der Waals surface area contributed by atoms with Crippen molar-refractivity contribution in [2.75, 3.05) is 13.1 Å². The Morgan fingerprint density at radius 1 is 0.974 bits per heavy atom. The van der Waals surface area contributed by atoms with Crippen LogP contribution in [-0.2, 0) is 16.1 Å². The maximum atomic E-state index is 14.3. The average Bonchev–Trinajstić information content (AvgIpc) is 3.34. The van der Waals surface area contributed by atoms with Crippen molar-refractivity contribution in [3.8, 4) is 0 Å². The number of hydroxylamine groups is 1. The van der Waals surface area contributed by atoms with Crippen molar-refractivity contribution in [2.24, 2.45) is 17.3 Å². The van der Waals surface area contributed by atoms with E-state index >= 15 is 0 Å². The van der Waals surface area contributed by atoms with E-state index in [0.29, 0.717) is 11.4 Å². The summed E-state index contributed by atoms with van der Waals surface area (Å²) in [6.07, 6.45) is 0.109. The second kappa shape index (κ2) is 10.8. The Labute approximate surface area is 221 Å². The summed E-state index contributed by atoms with van der Waals surface area (Å²) in [4.78, 5) is 54.3. The number of amides is 4. The molecule has 4 rings (SSSR count). The van der Waals surface area contributed by atoms with Crippen LogP contribution in [0.5, 0.6) is 0 Å². The van der Waals surface area contributed by atoms with Gasteiger partial charge in [0, 0.05) is 19.6 Å². The number of nitrogens with one attached hydrogen (secondary N) is 1. The molecule has 2 aliphatic rings. The van der Waals surface area contributed by atoms with Crippen LogP contribution in [0.15, 0.2) is 30.3 Å². The molecule has 4 amide bonds. The largest absolute Gasteiger partial charge is 0.338 e. The molecule has 0 saturated carbocycles. The molecule has 2 heterocycles. The summed E-state index contributed by atoms with van der Waals surface area (Å²) >= 11 is 0. The number of hydrogen-bond acceptors (Lipinski definition) is 5. The molecule has 39 heavy (non-hydrogen) atoms. The maximum absolute atomic E-state index is 14.3. The van der Waals surface area contributed by atoms with Gasteiger partial charge in [-0.15, -0.1) is 0 Å². The lowest BCUT2D eigenvalue weighted by atomic mass is 9.67. The lowest BCUT2D eigenvalue weighted by molar-refractivity contribution is -0.150. The third-order valence-electron chi connectivity index (χ3n) is 7.45. The van der Waals surface area contributed by atoms with Gasteiger partial charge in [0.05, 0.1) is 22.5 Å². The molecule has 0 aromatic heterocycles. The molecule has 8 nitrogen and oxygen atoms in total. The molecule has 0 aliphatic carbocycles. The van der Waals surface area contributed by atoms with Gasteiger partial charge in [0.15, 0.2) is 23.3 Å². The summed E-state index contributed by atoms with van der Waals surface area (Å²) in [5, 5.41) is 9.52. The Bertz CT molecular complexity index is 1290. The summed E-state index contributed by atoms with van der Waals surface area (Å²) in [5.41, 5.74) is -1.36. The van der Waals surface area contributed by atoms with Crippen LogP contribution in [0, 0.1) is 40.5 Å². The Kier molecular flexibility index (Phi) is 7.78. The molecule has 2 N–H and O–H groups in total. The summed E-state index contributed by atoms with van der Waals surface area (Å²) in [7, 11) is 0. The van der Waals surface area contributed by atoms with Crippen molar-refractivity contribution in [3.05, 3.63) is 70.3 Å². The van der Waals surface area contributed by atoms with Crippen LogP contribution < -0.4 is 5.48 Å². The van der Waals surface area contributed by atoms with Crippen molar-refractivity contribution in [3.63, 3.8) is 0 Å². The van der Waals surface area contributed by atoms with E-state index in [0.717, 1.165) is 5.56 Å². The normalized spacial score (nSPS) is 19.7. The van der Waals surface area contributed by atoms with Crippen molar-refractivity contribution >= 4 is 23.6 Å². The maximum Gasteiger partial charge on any atom is 0.264 e. The number of nitrogens with zero attached hydrogens (tertiary/aromatic N) is 2. The van der Waals surface area contributed by atoms with Crippen LogP contribution in [0.2, 0.25) is 0 Å². The third-order valence-corrected chi connectivity index (χ3v) is 7.45. The van der Waals surface area contributed by atoms with Gasteiger partial charge in [-0.1, -0.05) is 44.2 Å². The molecule has 2 aliphatic heterocycles. The van der Waals surface area contributed by atoms with Gasteiger partial charge in [-0.05, 0) is 30.7 Å². The summed E-state index contributed by atoms with van der Waals surface area (Å²) in [6, 6.07) is 9.18. The molecule has 0 radical (unpaired) electrons. The molecule has 2 aromatic carbocycles. The number of fused-ring (bicyclic) bond motifs is 1. The fourth-order valence-corrected chi connectivity index (χ4v) is 5.79. The van der Waals surface area contributed by atoms with E-state index in [1.807, 2.05) is 44.2 Å². The number of benzene rings is 2. The second-order valence-corrected chi connectivity index (χ2v) is 10.3. The van der Waals surface area contributed by atoms with E-state index in [-0.39, 0.29) is 37.6 Å². The molecule has 1 saturated heterocycles. The van der Waals surface area contributed by atoms with E-state index in [4.69, 9.17) is 0 Å². The SMILES string of the molecule is CC(C)CC1(C(CCN2C(=O)c3c(F)c(F)c(F)c(F)c3C2=O)C(=O)NO)CCN(Cc2ccccc2)C1=O. The highest BCUT2D eigenvalue weighted by molar-refractivity contribution is 6.21. The van der Waals surface area contributed by atoms with Crippen LogP contribution in [-0.4, -0.2) is 51.7 Å². The number of carbonyl (C=O) groups is 4. The Morgan fingerprint density at radius 2 is 1.54 bits per heavy atom. The lowest BCUT2D eigenvalue weighted by Gasteiger charge is -2.36. The summed E-state index contributed by atoms with van der Waals surface area (Å²) in [6.45, 7) is 3.68. The zero-order valence-electron chi connectivity index (χ0n) is 21.3. The van der Waals surface area contributed by atoms with Crippen LogP contribution >= 0.6 is 0 Å². The quantitative estimate of drug-likeness (QED) is 0.124. The van der Waals surface area contributed by atoms with Crippen LogP contribution in [0.4, 0.5) is 17.6 Å². The third kappa shape index (κ3) is 4.77. The van der Waals surface area contributed by atoms with E-state index in [2.05, 4.69) is 0 Å². The second-order valence-electron chi connectivity index (χ2n) is 10.3. The van der Waals surface area contributed by atoms with Crippen molar-refractivity contribution < 1.29 is 41.9 Å². The molecule has 12 heteroatoms. The fraction of sp³-hybridized carbons (Fsp3) is 0.407. The summed E-state index contributed by atoms with van der Waals surface area (Å²) in [5.74, 6) is -13.8. The minimum absolute atomic E-state index is 0.0759. The van der Waals surface area contributed by atoms with Gasteiger partial charge < -0.3 is 4.90 Å². The zero-order valence-corrected chi connectivity index (χ0v) is 21.3. The van der Waals surface area contributed by atoms with Crippen LogP contribution in [0.1, 0.15) is 59.4 Å². The molecule has 1 fully saturated rings. The fourth-order valence-electron chi connectivity index (χ4n) is 5.79. The predicted molar refractivity (Wildman–Crippen MR) is 128 cm³/mol. The van der Waals surface area contributed by atoms with Crippen molar-refractivity contribution in [1.29, 1.82) is 0 Å². The standard InChI is InChI=1S/C27H27F4N3O5/c1-14(2)12-27(9-11-33(26(27)38)13-15-6-4-3-5-7-15)16(23(35)32-39)8-10-34-24(36)17-18(25(34)37)20(29)22(31)21(30)19(17)28/h3-7,14,16,39H,8-13H2,1-2H3,(H,32,35). The number of likely N-dealkylation sites (tertiary alicyclic amines) is 1. The van der Waals surface area contributed by atoms with Gasteiger partial charge in [0.1, 0.15) is 0 Å². The minimum Gasteiger partial charge on any atom is -0.338 e. The van der Waals surface area contributed by atoms with Gasteiger partial charge in [0.25, 0.3) is 11.8 Å². The van der Waals surface area contributed by atoms with Crippen molar-refractivity contribution in [1.82, 2.24) is 15.3 Å². The molecule has 2 aromatic rings. The monoisotopic (exact) mass is 549 g/mol. The first-order valence-electron chi connectivity index (χ1n) is 12.4. The van der Waals surface area contributed by atoms with E-state index in [9.17, 15) is 41.9 Å². The van der Waals surface area contributed by atoms with E-state index < -0.39 is 70.0 Å². The number of imide groups is 1. The van der Waals surface area contributed by atoms with E-state index in [1.54, 1.807) is 10.4 Å². The first-order chi connectivity index (χ1) is 18.4. The minimum atomic E-state index is -2.22. The molecule has 0 bridgehead atoms. The topological polar surface area (TPSA) is 107 Å². The molecule has 208 valence electrons. The summed E-state index contributed by atoms with van der Waals surface area (Å²) < 4.78 is 56.1. The molecule has 2 unspecified atom stereocenters. The molecular formula is C27H27F4N3O5. The first kappa shape index (κ1) is 28.2. The molecule has 0 spiro atoms. The highest BCUT2D eigenvalue weighted by atomic mass is 19.2. The first-order valence-corrected chi connectivity index (χ1v) is 12.4. The Morgan fingerprint density at radius 3 is 2.05 bits per heavy atom. The molecule has 2 atom stereocenters.